The Morgan fingerprint density at radius 2 is 2.05 bits per heavy atom. The predicted molar refractivity (Wildman–Crippen MR) is 75.3 cm³/mol. The first-order valence-electron chi connectivity index (χ1n) is 7.08. The third kappa shape index (κ3) is 3.49. The molecule has 6 heteroatoms. The van der Waals surface area contributed by atoms with Crippen molar-refractivity contribution in [2.75, 3.05) is 18.9 Å². The molecule has 0 spiro atoms. The third-order valence-corrected chi connectivity index (χ3v) is 3.55. The van der Waals surface area contributed by atoms with Crippen LogP contribution in [0.15, 0.2) is 18.2 Å². The van der Waals surface area contributed by atoms with Crippen LogP contribution < -0.4 is 5.32 Å². The first kappa shape index (κ1) is 15.7. The predicted octanol–water partition coefficient (Wildman–Crippen LogP) is 3.76. The molecule has 2 rings (SSSR count). The number of anilines is 1. The van der Waals surface area contributed by atoms with Gasteiger partial charge in [-0.05, 0) is 37.5 Å². The van der Waals surface area contributed by atoms with E-state index < -0.39 is 11.7 Å². The summed E-state index contributed by atoms with van der Waals surface area (Å²) in [4.78, 5) is 14.1. The van der Waals surface area contributed by atoms with E-state index in [-0.39, 0.29) is 23.2 Å². The highest BCUT2D eigenvalue weighted by atomic mass is 19.4. The molecule has 0 heterocycles. The normalized spacial score (nSPS) is 14.9. The van der Waals surface area contributed by atoms with Gasteiger partial charge in [0, 0.05) is 30.9 Å². The minimum atomic E-state index is -4.48. The molecule has 1 amide bonds. The zero-order chi connectivity index (χ0) is 15.6. The smallest absolute Gasteiger partial charge is 0.388 e. The van der Waals surface area contributed by atoms with E-state index >= 15 is 0 Å². The Balaban J connectivity index is 2.33. The Kier molecular flexibility index (Phi) is 4.44. The zero-order valence-electron chi connectivity index (χ0n) is 12.1. The number of amides is 1. The number of nitrogens with one attached hydrogen (secondary N) is 1. The lowest BCUT2D eigenvalue weighted by atomic mass is 10.1. The van der Waals surface area contributed by atoms with E-state index in [0.717, 1.165) is 25.3 Å². The van der Waals surface area contributed by atoms with Gasteiger partial charge in [-0.25, -0.2) is 0 Å². The van der Waals surface area contributed by atoms with Crippen molar-refractivity contribution >= 4 is 11.6 Å². The molecule has 1 aromatic rings. The summed E-state index contributed by atoms with van der Waals surface area (Å²) in [5, 5.41) is 2.51. The topological polar surface area (TPSA) is 32.3 Å². The summed E-state index contributed by atoms with van der Waals surface area (Å²) >= 11 is 0. The van der Waals surface area contributed by atoms with Crippen molar-refractivity contribution in [3.63, 3.8) is 0 Å². The molecular formula is C15H19F3N2O. The van der Waals surface area contributed by atoms with Crippen molar-refractivity contribution in [1.82, 2.24) is 4.90 Å². The average molecular weight is 300 g/mol. The van der Waals surface area contributed by atoms with Gasteiger partial charge in [0.15, 0.2) is 0 Å². The molecule has 0 bridgehead atoms. The Hall–Kier alpha value is -1.72. The van der Waals surface area contributed by atoms with Gasteiger partial charge in [-0.3, -0.25) is 4.79 Å². The van der Waals surface area contributed by atoms with E-state index in [2.05, 4.69) is 5.32 Å². The Labute approximate surface area is 122 Å². The molecule has 0 radical (unpaired) electrons. The van der Waals surface area contributed by atoms with Crippen molar-refractivity contribution in [3.05, 3.63) is 29.3 Å². The lowest BCUT2D eigenvalue weighted by Gasteiger charge is -2.22. The maximum absolute atomic E-state index is 13.0. The number of hydrogen-bond donors (Lipinski definition) is 1. The van der Waals surface area contributed by atoms with E-state index in [4.69, 9.17) is 0 Å². The van der Waals surface area contributed by atoms with Crippen LogP contribution in [0.4, 0.5) is 18.9 Å². The lowest BCUT2D eigenvalue weighted by Crippen LogP contribution is -2.34. The SMILES string of the molecule is CCCN(C(=O)c1ccc(NC)c(C(F)(F)F)c1)C1CC1. The number of alkyl halides is 3. The van der Waals surface area contributed by atoms with Gasteiger partial charge < -0.3 is 10.2 Å². The van der Waals surface area contributed by atoms with Crippen molar-refractivity contribution in [2.45, 2.75) is 38.4 Å². The monoisotopic (exact) mass is 300 g/mol. The highest BCUT2D eigenvalue weighted by molar-refractivity contribution is 5.95. The molecule has 0 atom stereocenters. The summed E-state index contributed by atoms with van der Waals surface area (Å²) in [7, 11) is 1.43. The molecule has 1 aliphatic rings. The molecule has 21 heavy (non-hydrogen) atoms. The molecule has 1 saturated carbocycles. The fraction of sp³-hybridized carbons (Fsp3) is 0.533. The Bertz CT molecular complexity index is 524. The molecule has 0 saturated heterocycles. The van der Waals surface area contributed by atoms with Crippen molar-refractivity contribution < 1.29 is 18.0 Å². The van der Waals surface area contributed by atoms with E-state index in [9.17, 15) is 18.0 Å². The van der Waals surface area contributed by atoms with Gasteiger partial charge in [0.1, 0.15) is 0 Å². The second-order valence-electron chi connectivity index (χ2n) is 5.24. The molecular weight excluding hydrogens is 281 g/mol. The molecule has 0 aliphatic heterocycles. The average Bonchev–Trinajstić information content (AvgIpc) is 3.27. The van der Waals surface area contributed by atoms with Crippen molar-refractivity contribution in [3.8, 4) is 0 Å². The van der Waals surface area contributed by atoms with Gasteiger partial charge >= 0.3 is 6.18 Å². The van der Waals surface area contributed by atoms with Gasteiger partial charge in [0.05, 0.1) is 5.56 Å². The third-order valence-electron chi connectivity index (χ3n) is 3.55. The number of carbonyl (C=O) groups is 1. The summed E-state index contributed by atoms with van der Waals surface area (Å²) in [6.07, 6.45) is -1.81. The van der Waals surface area contributed by atoms with Gasteiger partial charge in [0.2, 0.25) is 0 Å². The fourth-order valence-corrected chi connectivity index (χ4v) is 2.37. The van der Waals surface area contributed by atoms with Gasteiger partial charge in [-0.2, -0.15) is 13.2 Å². The summed E-state index contributed by atoms with van der Waals surface area (Å²) in [5.74, 6) is -0.312. The minimum Gasteiger partial charge on any atom is -0.388 e. The van der Waals surface area contributed by atoms with Gasteiger partial charge in [-0.15, -0.1) is 0 Å². The molecule has 1 aliphatic carbocycles. The van der Waals surface area contributed by atoms with E-state index in [0.29, 0.717) is 6.54 Å². The van der Waals surface area contributed by atoms with E-state index in [1.54, 1.807) is 4.90 Å². The molecule has 0 aromatic heterocycles. The molecule has 116 valence electrons. The number of hydrogen-bond acceptors (Lipinski definition) is 2. The number of halogens is 3. The largest absolute Gasteiger partial charge is 0.418 e. The molecule has 0 unspecified atom stereocenters. The number of carbonyl (C=O) groups excluding carboxylic acids is 1. The van der Waals surface area contributed by atoms with Gasteiger partial charge in [0.25, 0.3) is 5.91 Å². The summed E-state index contributed by atoms with van der Waals surface area (Å²) < 4.78 is 39.1. The second-order valence-corrected chi connectivity index (χ2v) is 5.24. The summed E-state index contributed by atoms with van der Waals surface area (Å²) in [5.41, 5.74) is -0.725. The van der Waals surface area contributed by atoms with E-state index in [1.165, 1.54) is 19.2 Å². The minimum absolute atomic E-state index is 0.0208. The van der Waals surface area contributed by atoms with Crippen LogP contribution >= 0.6 is 0 Å². The van der Waals surface area contributed by atoms with Gasteiger partial charge in [-0.1, -0.05) is 6.92 Å². The van der Waals surface area contributed by atoms with Crippen LogP contribution in [0.25, 0.3) is 0 Å². The van der Waals surface area contributed by atoms with Crippen LogP contribution in [0.2, 0.25) is 0 Å². The van der Waals surface area contributed by atoms with Crippen molar-refractivity contribution in [1.29, 1.82) is 0 Å². The maximum Gasteiger partial charge on any atom is 0.418 e. The first-order valence-corrected chi connectivity index (χ1v) is 7.08. The van der Waals surface area contributed by atoms with Crippen LogP contribution in [0.3, 0.4) is 0 Å². The molecule has 3 nitrogen and oxygen atoms in total. The van der Waals surface area contributed by atoms with Crippen LogP contribution in [-0.2, 0) is 6.18 Å². The quantitative estimate of drug-likeness (QED) is 0.898. The summed E-state index contributed by atoms with van der Waals surface area (Å²) in [6, 6.07) is 3.90. The standard InChI is InChI=1S/C15H19F3N2O/c1-3-8-20(11-5-6-11)14(21)10-4-7-13(19-2)12(9-10)15(16,17)18/h4,7,9,11,19H,3,5-6,8H2,1-2H3. The number of benzene rings is 1. The number of rotatable bonds is 5. The highest BCUT2D eigenvalue weighted by Crippen LogP contribution is 2.36. The second kappa shape index (κ2) is 5.95. The first-order chi connectivity index (χ1) is 9.88. The summed E-state index contributed by atoms with van der Waals surface area (Å²) in [6.45, 7) is 2.53. The van der Waals surface area contributed by atoms with Crippen LogP contribution in [0.1, 0.15) is 42.1 Å². The maximum atomic E-state index is 13.0. The fourth-order valence-electron chi connectivity index (χ4n) is 2.37. The van der Waals surface area contributed by atoms with Crippen LogP contribution in [-0.4, -0.2) is 30.4 Å². The van der Waals surface area contributed by atoms with Crippen LogP contribution in [0, 0.1) is 0 Å². The Morgan fingerprint density at radius 1 is 1.38 bits per heavy atom. The lowest BCUT2D eigenvalue weighted by molar-refractivity contribution is -0.136. The van der Waals surface area contributed by atoms with E-state index in [1.807, 2.05) is 6.92 Å². The molecule has 1 aromatic carbocycles. The highest BCUT2D eigenvalue weighted by Gasteiger charge is 2.36. The Morgan fingerprint density at radius 3 is 2.52 bits per heavy atom. The van der Waals surface area contributed by atoms with Crippen molar-refractivity contribution in [2.24, 2.45) is 0 Å². The molecule has 1 fully saturated rings. The number of nitrogens with zero attached hydrogens (tertiary/aromatic N) is 1. The van der Waals surface area contributed by atoms with Crippen LogP contribution in [0.5, 0.6) is 0 Å². The zero-order valence-corrected chi connectivity index (χ0v) is 12.1. The molecule has 1 N–H and O–H groups in total.